The molecule has 0 bridgehead atoms. The third-order valence-electron chi connectivity index (χ3n) is 4.25. The molecule has 6 heteroatoms. The number of amides is 1. The lowest BCUT2D eigenvalue weighted by molar-refractivity contribution is -0.127. The van der Waals surface area contributed by atoms with Crippen molar-refractivity contribution in [1.82, 2.24) is 19.6 Å². The van der Waals surface area contributed by atoms with E-state index >= 15 is 0 Å². The predicted octanol–water partition coefficient (Wildman–Crippen LogP) is 0.596. The second kappa shape index (κ2) is 7.04. The maximum absolute atomic E-state index is 11.6. The van der Waals surface area contributed by atoms with Crippen LogP contribution in [-0.4, -0.2) is 70.9 Å². The third-order valence-corrected chi connectivity index (χ3v) is 4.25. The highest BCUT2D eigenvalue weighted by Gasteiger charge is 2.22. The zero-order valence-electron chi connectivity index (χ0n) is 12.5. The van der Waals surface area contributed by atoms with Crippen LogP contribution in [0.4, 0.5) is 0 Å². The molecule has 6 nitrogen and oxygen atoms in total. The molecule has 0 radical (unpaired) electrons. The Morgan fingerprint density at radius 3 is 3.05 bits per heavy atom. The number of nitrogens with zero attached hydrogens (tertiary/aromatic N) is 4. The van der Waals surface area contributed by atoms with Gasteiger partial charge >= 0.3 is 0 Å². The molecule has 0 unspecified atom stereocenters. The topological polar surface area (TPSA) is 50.6 Å². The van der Waals surface area contributed by atoms with Crippen molar-refractivity contribution in [2.45, 2.75) is 31.9 Å². The zero-order chi connectivity index (χ0) is 14.5. The average molecular weight is 292 g/mol. The van der Waals surface area contributed by atoms with E-state index in [1.807, 2.05) is 21.8 Å². The minimum atomic E-state index is 0.215. The summed E-state index contributed by atoms with van der Waals surface area (Å²) in [6.07, 6.45) is 6.81. The van der Waals surface area contributed by atoms with E-state index in [2.05, 4.69) is 10.00 Å². The van der Waals surface area contributed by atoms with Crippen LogP contribution in [0, 0.1) is 0 Å². The summed E-state index contributed by atoms with van der Waals surface area (Å²) in [7, 11) is 0. The molecule has 0 N–H and O–H groups in total. The van der Waals surface area contributed by atoms with Crippen molar-refractivity contribution < 1.29 is 9.53 Å². The van der Waals surface area contributed by atoms with Gasteiger partial charge in [0.05, 0.1) is 19.3 Å². The van der Waals surface area contributed by atoms with Crippen LogP contribution in [0.15, 0.2) is 18.5 Å². The summed E-state index contributed by atoms with van der Waals surface area (Å²) < 4.78 is 7.74. The van der Waals surface area contributed by atoms with Crippen LogP contribution in [0.1, 0.15) is 19.3 Å². The molecule has 0 spiro atoms. The van der Waals surface area contributed by atoms with E-state index in [-0.39, 0.29) is 6.10 Å². The lowest BCUT2D eigenvalue weighted by Gasteiger charge is -2.33. The molecule has 0 aromatic carbocycles. The summed E-state index contributed by atoms with van der Waals surface area (Å²) in [4.78, 5) is 16.0. The van der Waals surface area contributed by atoms with E-state index in [1.54, 1.807) is 6.20 Å². The SMILES string of the molecule is O=C1CCCN1CCCN1CCO[C@@H](Cn2cccn2)C1. The van der Waals surface area contributed by atoms with Crippen molar-refractivity contribution in [2.75, 3.05) is 39.3 Å². The van der Waals surface area contributed by atoms with Crippen molar-refractivity contribution >= 4 is 5.91 Å². The largest absolute Gasteiger partial charge is 0.374 e. The Hall–Kier alpha value is -1.40. The minimum Gasteiger partial charge on any atom is -0.374 e. The van der Waals surface area contributed by atoms with E-state index in [9.17, 15) is 4.79 Å². The van der Waals surface area contributed by atoms with Gasteiger partial charge in [0, 0.05) is 51.5 Å². The van der Waals surface area contributed by atoms with E-state index in [0.29, 0.717) is 5.91 Å². The molecule has 0 aliphatic carbocycles. The first-order valence-corrected chi connectivity index (χ1v) is 7.90. The molecule has 21 heavy (non-hydrogen) atoms. The van der Waals surface area contributed by atoms with Gasteiger partial charge in [-0.3, -0.25) is 14.4 Å². The second-order valence-electron chi connectivity index (χ2n) is 5.86. The summed E-state index contributed by atoms with van der Waals surface area (Å²) >= 11 is 0. The number of morpholine rings is 1. The van der Waals surface area contributed by atoms with Gasteiger partial charge < -0.3 is 9.64 Å². The van der Waals surface area contributed by atoms with Crippen LogP contribution >= 0.6 is 0 Å². The summed E-state index contributed by atoms with van der Waals surface area (Å²) in [6, 6.07) is 1.94. The van der Waals surface area contributed by atoms with E-state index in [0.717, 1.165) is 65.1 Å². The standard InChI is InChI=1S/C15H24N4O2/c20-15-4-1-7-18(15)8-3-6-17-10-11-21-14(12-17)13-19-9-2-5-16-19/h2,5,9,14H,1,3-4,6-8,10-13H2/t14-/m1/s1. The van der Waals surface area contributed by atoms with Gasteiger partial charge in [-0.15, -0.1) is 0 Å². The molecule has 2 saturated heterocycles. The highest BCUT2D eigenvalue weighted by Crippen LogP contribution is 2.11. The number of hydrogen-bond acceptors (Lipinski definition) is 4. The number of aromatic nitrogens is 2. The van der Waals surface area contributed by atoms with Gasteiger partial charge in [0.2, 0.25) is 5.91 Å². The molecule has 116 valence electrons. The summed E-state index contributed by atoms with van der Waals surface area (Å²) in [5, 5.41) is 4.23. The van der Waals surface area contributed by atoms with Gasteiger partial charge in [-0.25, -0.2) is 0 Å². The molecule has 1 amide bonds. The molecule has 0 saturated carbocycles. The van der Waals surface area contributed by atoms with Crippen LogP contribution in [-0.2, 0) is 16.1 Å². The highest BCUT2D eigenvalue weighted by atomic mass is 16.5. The fraction of sp³-hybridized carbons (Fsp3) is 0.733. The summed E-state index contributed by atoms with van der Waals surface area (Å²) in [5.41, 5.74) is 0. The average Bonchev–Trinajstić information content (AvgIpc) is 3.12. The molecule has 2 aliphatic heterocycles. The molecule has 2 aliphatic rings. The Kier molecular flexibility index (Phi) is 4.87. The number of ether oxygens (including phenoxy) is 1. The molecule has 3 heterocycles. The van der Waals surface area contributed by atoms with E-state index < -0.39 is 0 Å². The fourth-order valence-electron chi connectivity index (χ4n) is 3.14. The van der Waals surface area contributed by atoms with Gasteiger partial charge in [0.15, 0.2) is 0 Å². The van der Waals surface area contributed by atoms with Gasteiger partial charge in [-0.1, -0.05) is 0 Å². The molecule has 2 fully saturated rings. The highest BCUT2D eigenvalue weighted by molar-refractivity contribution is 5.77. The summed E-state index contributed by atoms with van der Waals surface area (Å²) in [5.74, 6) is 0.327. The molecule has 1 atom stereocenters. The van der Waals surface area contributed by atoms with Crippen LogP contribution in [0.5, 0.6) is 0 Å². The number of likely N-dealkylation sites (tertiary alicyclic amines) is 1. The quantitative estimate of drug-likeness (QED) is 0.770. The molecular formula is C15H24N4O2. The van der Waals surface area contributed by atoms with Crippen molar-refractivity contribution in [1.29, 1.82) is 0 Å². The monoisotopic (exact) mass is 292 g/mol. The van der Waals surface area contributed by atoms with E-state index in [1.165, 1.54) is 0 Å². The maximum Gasteiger partial charge on any atom is 0.222 e. The Balaban J connectivity index is 1.38. The second-order valence-corrected chi connectivity index (χ2v) is 5.86. The Morgan fingerprint density at radius 1 is 1.33 bits per heavy atom. The van der Waals surface area contributed by atoms with E-state index in [4.69, 9.17) is 4.74 Å². The van der Waals surface area contributed by atoms with Crippen molar-refractivity contribution in [3.05, 3.63) is 18.5 Å². The Labute approximate surface area is 125 Å². The number of hydrogen-bond donors (Lipinski definition) is 0. The Morgan fingerprint density at radius 2 is 2.29 bits per heavy atom. The lowest BCUT2D eigenvalue weighted by Crippen LogP contribution is -2.45. The third kappa shape index (κ3) is 4.04. The first-order valence-electron chi connectivity index (χ1n) is 7.90. The smallest absolute Gasteiger partial charge is 0.222 e. The minimum absolute atomic E-state index is 0.215. The van der Waals surface area contributed by atoms with Crippen LogP contribution < -0.4 is 0 Å². The fourth-order valence-corrected chi connectivity index (χ4v) is 3.14. The van der Waals surface area contributed by atoms with Crippen LogP contribution in [0.3, 0.4) is 0 Å². The van der Waals surface area contributed by atoms with Crippen molar-refractivity contribution in [3.63, 3.8) is 0 Å². The molecular weight excluding hydrogens is 268 g/mol. The van der Waals surface area contributed by atoms with Crippen LogP contribution in [0.2, 0.25) is 0 Å². The van der Waals surface area contributed by atoms with Gasteiger partial charge in [0.1, 0.15) is 0 Å². The predicted molar refractivity (Wildman–Crippen MR) is 78.8 cm³/mol. The maximum atomic E-state index is 11.6. The van der Waals surface area contributed by atoms with Gasteiger partial charge in [-0.2, -0.15) is 5.10 Å². The van der Waals surface area contributed by atoms with Crippen LogP contribution in [0.25, 0.3) is 0 Å². The first-order chi connectivity index (χ1) is 10.3. The molecule has 1 aromatic rings. The zero-order valence-corrected chi connectivity index (χ0v) is 12.5. The normalized spacial score (nSPS) is 23.9. The van der Waals surface area contributed by atoms with Crippen molar-refractivity contribution in [2.24, 2.45) is 0 Å². The lowest BCUT2D eigenvalue weighted by atomic mass is 10.2. The number of carbonyl (C=O) groups is 1. The molecule has 3 rings (SSSR count). The number of carbonyl (C=O) groups excluding carboxylic acids is 1. The summed E-state index contributed by atoms with van der Waals surface area (Å²) in [6.45, 7) is 6.44. The number of rotatable bonds is 6. The molecule has 1 aromatic heterocycles. The van der Waals surface area contributed by atoms with Gasteiger partial charge in [-0.05, 0) is 18.9 Å². The van der Waals surface area contributed by atoms with Crippen molar-refractivity contribution in [3.8, 4) is 0 Å². The Bertz CT molecular complexity index is 449. The van der Waals surface area contributed by atoms with Gasteiger partial charge in [0.25, 0.3) is 0 Å². The first kappa shape index (κ1) is 14.5.